The largest absolute Gasteiger partial charge is 0.357 e. The van der Waals surface area contributed by atoms with Gasteiger partial charge in [-0.25, -0.2) is 8.42 Å². The fraction of sp³-hybridized carbons (Fsp3) is 0.200. The third-order valence-corrected chi connectivity index (χ3v) is 7.90. The fourth-order valence-electron chi connectivity index (χ4n) is 3.61. The second kappa shape index (κ2) is 12.0. The van der Waals surface area contributed by atoms with Crippen LogP contribution in [0.5, 0.6) is 0 Å². The third-order valence-electron chi connectivity index (χ3n) is 5.61. The zero-order valence-corrected chi connectivity index (χ0v) is 22.5. The number of nitro groups is 1. The van der Waals surface area contributed by atoms with Crippen molar-refractivity contribution >= 4 is 49.1 Å². The first-order valence-electron chi connectivity index (χ1n) is 11.1. The third kappa shape index (κ3) is 6.71. The molecule has 0 aliphatic carbocycles. The summed E-state index contributed by atoms with van der Waals surface area (Å²) in [4.78, 5) is 37.9. The van der Waals surface area contributed by atoms with Crippen molar-refractivity contribution in [2.45, 2.75) is 24.4 Å². The van der Waals surface area contributed by atoms with Crippen LogP contribution >= 0.6 is 15.9 Å². The van der Waals surface area contributed by atoms with Gasteiger partial charge >= 0.3 is 0 Å². The van der Waals surface area contributed by atoms with Gasteiger partial charge in [0.2, 0.25) is 11.8 Å². The van der Waals surface area contributed by atoms with Gasteiger partial charge in [-0.2, -0.15) is 0 Å². The number of anilines is 1. The minimum Gasteiger partial charge on any atom is -0.357 e. The van der Waals surface area contributed by atoms with Crippen LogP contribution in [-0.2, 0) is 26.2 Å². The number of benzene rings is 3. The van der Waals surface area contributed by atoms with Crippen molar-refractivity contribution in [3.8, 4) is 0 Å². The zero-order valence-electron chi connectivity index (χ0n) is 20.1. The van der Waals surface area contributed by atoms with Gasteiger partial charge < -0.3 is 10.2 Å². The molecule has 37 heavy (non-hydrogen) atoms. The molecule has 194 valence electrons. The van der Waals surface area contributed by atoms with E-state index in [0.29, 0.717) is 0 Å². The number of likely N-dealkylation sites (N-methyl/N-ethyl adjacent to an activating group) is 1. The molecule has 1 N–H and O–H groups in total. The molecule has 0 fully saturated rings. The summed E-state index contributed by atoms with van der Waals surface area (Å²) in [6, 6.07) is 18.7. The first kappa shape index (κ1) is 27.8. The lowest BCUT2D eigenvalue weighted by molar-refractivity contribution is -0.384. The summed E-state index contributed by atoms with van der Waals surface area (Å²) in [5, 5.41) is 13.6. The second-order valence-electron chi connectivity index (χ2n) is 8.04. The van der Waals surface area contributed by atoms with Gasteiger partial charge in [0, 0.05) is 30.2 Å². The zero-order chi connectivity index (χ0) is 27.2. The predicted octanol–water partition coefficient (Wildman–Crippen LogP) is 3.72. The van der Waals surface area contributed by atoms with Crippen molar-refractivity contribution in [2.24, 2.45) is 0 Å². The summed E-state index contributed by atoms with van der Waals surface area (Å²) in [6.45, 7) is 0.966. The molecule has 2 amide bonds. The number of carbonyl (C=O) groups is 2. The van der Waals surface area contributed by atoms with Gasteiger partial charge in [0.05, 0.1) is 15.5 Å². The lowest BCUT2D eigenvalue weighted by Gasteiger charge is -2.31. The predicted molar refractivity (Wildman–Crippen MR) is 142 cm³/mol. The van der Waals surface area contributed by atoms with Crippen molar-refractivity contribution in [2.75, 3.05) is 17.9 Å². The molecule has 0 bridgehead atoms. The number of non-ortho nitro benzene ring substituents is 1. The summed E-state index contributed by atoms with van der Waals surface area (Å²) in [5.74, 6) is -1.05. The van der Waals surface area contributed by atoms with E-state index in [1.165, 1.54) is 48.3 Å². The molecule has 1 atom stereocenters. The average Bonchev–Trinajstić information content (AvgIpc) is 2.89. The van der Waals surface area contributed by atoms with Gasteiger partial charge in [-0.05, 0) is 48.9 Å². The molecule has 0 saturated carbocycles. The molecule has 0 saturated heterocycles. The Morgan fingerprint density at radius 3 is 2.24 bits per heavy atom. The van der Waals surface area contributed by atoms with Crippen LogP contribution in [0.1, 0.15) is 12.5 Å². The van der Waals surface area contributed by atoms with Crippen molar-refractivity contribution < 1.29 is 22.9 Å². The average molecular weight is 589 g/mol. The van der Waals surface area contributed by atoms with Gasteiger partial charge in [-0.1, -0.05) is 46.3 Å². The Bertz CT molecular complexity index is 1380. The van der Waals surface area contributed by atoms with Crippen LogP contribution < -0.4 is 9.62 Å². The van der Waals surface area contributed by atoms with Crippen LogP contribution in [0, 0.1) is 10.1 Å². The highest BCUT2D eigenvalue weighted by atomic mass is 79.9. The summed E-state index contributed by atoms with van der Waals surface area (Å²) >= 11 is 3.39. The Kier molecular flexibility index (Phi) is 9.00. The highest BCUT2D eigenvalue weighted by molar-refractivity contribution is 9.10. The maximum absolute atomic E-state index is 13.7. The molecule has 0 radical (unpaired) electrons. The van der Waals surface area contributed by atoms with Gasteiger partial charge in [0.25, 0.3) is 15.7 Å². The Labute approximate surface area is 223 Å². The highest BCUT2D eigenvalue weighted by Crippen LogP contribution is 2.26. The Morgan fingerprint density at radius 1 is 1.03 bits per heavy atom. The summed E-state index contributed by atoms with van der Waals surface area (Å²) in [6.07, 6.45) is 0. The van der Waals surface area contributed by atoms with E-state index in [4.69, 9.17) is 0 Å². The second-order valence-corrected chi connectivity index (χ2v) is 10.8. The molecule has 3 aromatic carbocycles. The van der Waals surface area contributed by atoms with E-state index < -0.39 is 39.3 Å². The number of hydrogen-bond acceptors (Lipinski definition) is 6. The van der Waals surface area contributed by atoms with E-state index in [-0.39, 0.29) is 22.8 Å². The molecule has 10 nitrogen and oxygen atoms in total. The van der Waals surface area contributed by atoms with Crippen LogP contribution in [0.15, 0.2) is 88.2 Å². The Hall–Kier alpha value is -3.77. The number of nitrogens with zero attached hydrogens (tertiary/aromatic N) is 3. The number of hydrogen-bond donors (Lipinski definition) is 1. The number of carbonyl (C=O) groups excluding carboxylic acids is 2. The van der Waals surface area contributed by atoms with Crippen LogP contribution in [0.2, 0.25) is 0 Å². The highest BCUT2D eigenvalue weighted by Gasteiger charge is 2.32. The maximum Gasteiger partial charge on any atom is 0.269 e. The van der Waals surface area contributed by atoms with Crippen LogP contribution in [0.25, 0.3) is 0 Å². The lowest BCUT2D eigenvalue weighted by atomic mass is 10.1. The number of halogens is 1. The molecule has 3 aromatic rings. The standard InChI is InChI=1S/C25H25BrN4O6S/c1-18(25(32)27-2)28(16-19-7-6-8-20(26)15-19)24(31)17-29(21-11-13-22(14-12-21)30(33)34)37(35,36)23-9-4-3-5-10-23/h3-15,18H,16-17H2,1-2H3,(H,27,32)/t18-/m0/s1. The molecule has 0 aliphatic rings. The quantitative estimate of drug-likeness (QED) is 0.284. The van der Waals surface area contributed by atoms with Crippen LogP contribution in [0.3, 0.4) is 0 Å². The van der Waals surface area contributed by atoms with Crippen LogP contribution in [0.4, 0.5) is 11.4 Å². The van der Waals surface area contributed by atoms with Crippen molar-refractivity contribution in [1.82, 2.24) is 10.2 Å². The van der Waals surface area contributed by atoms with E-state index in [2.05, 4.69) is 21.2 Å². The van der Waals surface area contributed by atoms with E-state index in [9.17, 15) is 28.1 Å². The first-order chi connectivity index (χ1) is 17.5. The molecule has 0 heterocycles. The van der Waals surface area contributed by atoms with Crippen molar-refractivity contribution in [1.29, 1.82) is 0 Å². The number of nitrogens with one attached hydrogen (secondary N) is 1. The molecular weight excluding hydrogens is 564 g/mol. The number of rotatable bonds is 10. The summed E-state index contributed by atoms with van der Waals surface area (Å²) in [5.41, 5.74) is 0.570. The van der Waals surface area contributed by atoms with Crippen LogP contribution in [-0.4, -0.2) is 49.7 Å². The molecular formula is C25H25BrN4O6S. The van der Waals surface area contributed by atoms with Gasteiger partial charge in [0.15, 0.2) is 0 Å². The Balaban J connectivity index is 2.04. The van der Waals surface area contributed by atoms with E-state index >= 15 is 0 Å². The normalized spacial score (nSPS) is 11.9. The number of amides is 2. The smallest absolute Gasteiger partial charge is 0.269 e. The van der Waals surface area contributed by atoms with Gasteiger partial charge in [0.1, 0.15) is 12.6 Å². The summed E-state index contributed by atoms with van der Waals surface area (Å²) in [7, 11) is -2.79. The molecule has 0 aromatic heterocycles. The minimum absolute atomic E-state index is 0.0480. The van der Waals surface area contributed by atoms with Gasteiger partial charge in [-0.3, -0.25) is 24.0 Å². The monoisotopic (exact) mass is 588 g/mol. The molecule has 12 heteroatoms. The molecule has 0 aliphatic heterocycles. The van der Waals surface area contributed by atoms with E-state index in [1.54, 1.807) is 43.3 Å². The molecule has 3 rings (SSSR count). The first-order valence-corrected chi connectivity index (χ1v) is 13.4. The van der Waals surface area contributed by atoms with Crippen molar-refractivity contribution in [3.05, 3.63) is 99.0 Å². The Morgan fingerprint density at radius 2 is 1.68 bits per heavy atom. The van der Waals surface area contributed by atoms with Crippen molar-refractivity contribution in [3.63, 3.8) is 0 Å². The number of nitro benzene ring substituents is 1. The lowest BCUT2D eigenvalue weighted by Crippen LogP contribution is -2.50. The maximum atomic E-state index is 13.7. The van der Waals surface area contributed by atoms with E-state index in [1.807, 2.05) is 6.07 Å². The molecule has 0 spiro atoms. The van der Waals surface area contributed by atoms with Gasteiger partial charge in [-0.15, -0.1) is 0 Å². The fourth-order valence-corrected chi connectivity index (χ4v) is 5.49. The summed E-state index contributed by atoms with van der Waals surface area (Å²) < 4.78 is 28.9. The number of sulfonamides is 1. The topological polar surface area (TPSA) is 130 Å². The minimum atomic E-state index is -4.24. The molecule has 0 unspecified atom stereocenters. The SMILES string of the molecule is CNC(=O)[C@H](C)N(Cc1cccc(Br)c1)C(=O)CN(c1ccc([N+](=O)[O-])cc1)S(=O)(=O)c1ccccc1. The van der Waals surface area contributed by atoms with E-state index in [0.717, 1.165) is 14.3 Å².